The number of guanidine groups is 1. The summed E-state index contributed by atoms with van der Waals surface area (Å²) < 4.78 is 30.4. The Hall–Kier alpha value is -3.67. The van der Waals surface area contributed by atoms with E-state index in [1.807, 2.05) is 24.3 Å². The molecular weight excluding hydrogens is 537 g/mol. The molecule has 1 saturated carbocycles. The van der Waals surface area contributed by atoms with Crippen LogP contribution in [-0.4, -0.2) is 34.8 Å². The van der Waals surface area contributed by atoms with Crippen molar-refractivity contribution in [3.05, 3.63) is 66.4 Å². The largest absolute Gasteiger partial charge is 0.382 e. The van der Waals surface area contributed by atoms with Gasteiger partial charge in [0.25, 0.3) is 0 Å². The molecule has 1 aliphatic carbocycles. The molecular formula is C24H25Cl2N7O3S. The van der Waals surface area contributed by atoms with Gasteiger partial charge in [0.15, 0.2) is 33.1 Å². The second-order valence-corrected chi connectivity index (χ2v) is 10.5. The molecule has 0 amide bonds. The number of aromatic nitrogens is 3. The SMILES string of the molecule is Cl.Cl.NC(N)=NCc1ccc(-c2cc(-c3nc(-c4ccc(S(=O)(=O)C5CC5)cc4)cnc3N)on2)cc1. The molecule has 6 N–H and O–H groups in total. The molecule has 0 atom stereocenters. The highest BCUT2D eigenvalue weighted by molar-refractivity contribution is 7.92. The predicted octanol–water partition coefficient (Wildman–Crippen LogP) is 3.60. The molecule has 1 fully saturated rings. The van der Waals surface area contributed by atoms with Crippen LogP contribution >= 0.6 is 24.8 Å². The normalized spacial score (nSPS) is 12.8. The number of benzene rings is 2. The number of hydrogen-bond acceptors (Lipinski definition) is 8. The Labute approximate surface area is 226 Å². The Balaban J connectivity index is 0.00000190. The van der Waals surface area contributed by atoms with Gasteiger partial charge in [-0.15, -0.1) is 24.8 Å². The van der Waals surface area contributed by atoms with Crippen LogP contribution in [0, 0.1) is 0 Å². The topological polar surface area (TPSA) is 176 Å². The minimum atomic E-state index is -3.25. The van der Waals surface area contributed by atoms with Crippen LogP contribution in [0.3, 0.4) is 0 Å². The lowest BCUT2D eigenvalue weighted by atomic mass is 10.1. The van der Waals surface area contributed by atoms with Crippen molar-refractivity contribution in [3.8, 4) is 34.0 Å². The summed E-state index contributed by atoms with van der Waals surface area (Å²) in [6.07, 6.45) is 2.98. The summed E-state index contributed by atoms with van der Waals surface area (Å²) in [6, 6.07) is 16.0. The van der Waals surface area contributed by atoms with Crippen LogP contribution < -0.4 is 17.2 Å². The Bertz CT molecular complexity index is 1510. The van der Waals surface area contributed by atoms with Gasteiger partial charge in [0.1, 0.15) is 5.69 Å². The molecule has 1 aliphatic rings. The zero-order valence-corrected chi connectivity index (χ0v) is 21.9. The first-order chi connectivity index (χ1) is 16.8. The number of anilines is 1. The fourth-order valence-electron chi connectivity index (χ4n) is 3.59. The smallest absolute Gasteiger partial charge is 0.189 e. The first-order valence-electron chi connectivity index (χ1n) is 10.9. The number of nitrogen functional groups attached to an aromatic ring is 1. The minimum absolute atomic E-state index is 0. The van der Waals surface area contributed by atoms with E-state index in [9.17, 15) is 8.42 Å². The molecule has 13 heteroatoms. The number of nitrogens with zero attached hydrogens (tertiary/aromatic N) is 4. The van der Waals surface area contributed by atoms with E-state index in [1.54, 1.807) is 30.3 Å². The van der Waals surface area contributed by atoms with Crippen molar-refractivity contribution in [2.45, 2.75) is 29.5 Å². The quantitative estimate of drug-likeness (QED) is 0.224. The average molecular weight is 562 g/mol. The van der Waals surface area contributed by atoms with Gasteiger partial charge < -0.3 is 21.7 Å². The van der Waals surface area contributed by atoms with E-state index in [0.717, 1.165) is 24.0 Å². The highest BCUT2D eigenvalue weighted by atomic mass is 35.5. The fraction of sp³-hybridized carbons (Fsp3) is 0.167. The first kappa shape index (κ1) is 27.9. The van der Waals surface area contributed by atoms with Gasteiger partial charge in [-0.05, 0) is 30.5 Å². The van der Waals surface area contributed by atoms with Crippen LogP contribution in [0.25, 0.3) is 34.0 Å². The van der Waals surface area contributed by atoms with E-state index in [1.165, 1.54) is 6.20 Å². The second kappa shape index (κ2) is 11.2. The number of sulfone groups is 1. The summed E-state index contributed by atoms with van der Waals surface area (Å²) in [7, 11) is -3.25. The molecule has 194 valence electrons. The van der Waals surface area contributed by atoms with Gasteiger partial charge in [0, 0.05) is 17.2 Å². The van der Waals surface area contributed by atoms with Crippen LogP contribution in [0.1, 0.15) is 18.4 Å². The van der Waals surface area contributed by atoms with Crippen LogP contribution in [0.5, 0.6) is 0 Å². The molecule has 2 aromatic heterocycles. The highest BCUT2D eigenvalue weighted by Gasteiger charge is 2.36. The zero-order valence-electron chi connectivity index (χ0n) is 19.4. The van der Waals surface area contributed by atoms with E-state index in [-0.39, 0.29) is 41.8 Å². The van der Waals surface area contributed by atoms with E-state index >= 15 is 0 Å². The van der Waals surface area contributed by atoms with E-state index in [4.69, 9.17) is 21.7 Å². The molecule has 10 nitrogen and oxygen atoms in total. The van der Waals surface area contributed by atoms with Gasteiger partial charge in [0.2, 0.25) is 0 Å². The monoisotopic (exact) mass is 561 g/mol. The molecule has 0 unspecified atom stereocenters. The third kappa shape index (κ3) is 6.01. The molecule has 2 aromatic carbocycles. The lowest BCUT2D eigenvalue weighted by Gasteiger charge is -2.07. The maximum atomic E-state index is 12.4. The molecule has 4 aromatic rings. The lowest BCUT2D eigenvalue weighted by Crippen LogP contribution is -2.22. The van der Waals surface area contributed by atoms with Gasteiger partial charge in [-0.2, -0.15) is 0 Å². The number of aliphatic imine (C=N–C) groups is 1. The molecule has 0 bridgehead atoms. The standard InChI is InChI=1S/C24H23N7O3S.2ClH/c25-23-22(21-11-19(31-34-21)15-3-1-14(2-4-15)12-29-24(26)27)30-20(13-28-23)16-5-7-17(8-6-16)35(32,33)18-9-10-18;;/h1-8,11,13,18H,9-10,12H2,(H2,25,28)(H4,26,27,29);2*1H. The summed E-state index contributed by atoms with van der Waals surface area (Å²) in [5, 5.41) is 3.88. The van der Waals surface area contributed by atoms with E-state index < -0.39 is 9.84 Å². The van der Waals surface area contributed by atoms with Gasteiger partial charge in [-0.25, -0.2) is 23.4 Å². The van der Waals surface area contributed by atoms with Gasteiger partial charge in [0.05, 0.1) is 28.6 Å². The molecule has 0 aliphatic heterocycles. The van der Waals surface area contributed by atoms with Gasteiger partial charge in [-0.3, -0.25) is 0 Å². The summed E-state index contributed by atoms with van der Waals surface area (Å²) in [5.41, 5.74) is 20.8. The van der Waals surface area contributed by atoms with Crippen LogP contribution in [-0.2, 0) is 16.4 Å². The number of hydrogen-bond donors (Lipinski definition) is 3. The Morgan fingerprint density at radius 2 is 1.59 bits per heavy atom. The highest BCUT2D eigenvalue weighted by Crippen LogP contribution is 2.34. The molecule has 0 spiro atoms. The van der Waals surface area contributed by atoms with Crippen LogP contribution in [0.4, 0.5) is 5.82 Å². The third-order valence-electron chi connectivity index (χ3n) is 5.68. The van der Waals surface area contributed by atoms with Gasteiger partial charge in [-0.1, -0.05) is 41.6 Å². The molecule has 5 rings (SSSR count). The van der Waals surface area contributed by atoms with Crippen molar-refractivity contribution in [1.29, 1.82) is 0 Å². The van der Waals surface area contributed by atoms with Crippen molar-refractivity contribution >= 4 is 46.4 Å². The van der Waals surface area contributed by atoms with Crippen molar-refractivity contribution in [1.82, 2.24) is 15.1 Å². The average Bonchev–Trinajstić information content (AvgIpc) is 3.62. The van der Waals surface area contributed by atoms with Crippen molar-refractivity contribution < 1.29 is 12.9 Å². The predicted molar refractivity (Wildman–Crippen MR) is 147 cm³/mol. The molecule has 0 radical (unpaired) electrons. The summed E-state index contributed by atoms with van der Waals surface area (Å²) in [6.45, 7) is 0.388. The summed E-state index contributed by atoms with van der Waals surface area (Å²) in [5.74, 6) is 0.594. The van der Waals surface area contributed by atoms with Crippen molar-refractivity contribution in [2.24, 2.45) is 16.5 Å². The van der Waals surface area contributed by atoms with E-state index in [0.29, 0.717) is 39.8 Å². The van der Waals surface area contributed by atoms with E-state index in [2.05, 4.69) is 20.1 Å². The maximum Gasteiger partial charge on any atom is 0.189 e. The van der Waals surface area contributed by atoms with Crippen molar-refractivity contribution in [2.75, 3.05) is 5.73 Å². The van der Waals surface area contributed by atoms with Crippen molar-refractivity contribution in [3.63, 3.8) is 0 Å². The van der Waals surface area contributed by atoms with Crippen LogP contribution in [0.2, 0.25) is 0 Å². The third-order valence-corrected chi connectivity index (χ3v) is 7.96. The molecule has 2 heterocycles. The van der Waals surface area contributed by atoms with Gasteiger partial charge >= 0.3 is 0 Å². The molecule has 0 saturated heterocycles. The number of rotatable bonds is 7. The Kier molecular flexibility index (Phi) is 8.42. The first-order valence-corrected chi connectivity index (χ1v) is 12.4. The number of nitrogens with two attached hydrogens (primary N) is 3. The minimum Gasteiger partial charge on any atom is -0.382 e. The van der Waals surface area contributed by atoms with Crippen LogP contribution in [0.15, 0.2) is 75.2 Å². The fourth-order valence-corrected chi connectivity index (χ4v) is 5.25. The molecule has 37 heavy (non-hydrogen) atoms. The zero-order chi connectivity index (χ0) is 24.6. The number of halogens is 2. The Morgan fingerprint density at radius 1 is 0.973 bits per heavy atom. The summed E-state index contributed by atoms with van der Waals surface area (Å²) in [4.78, 5) is 13.2. The Morgan fingerprint density at radius 3 is 2.22 bits per heavy atom. The second-order valence-electron chi connectivity index (χ2n) is 8.27. The lowest BCUT2D eigenvalue weighted by molar-refractivity contribution is 0.434. The maximum absolute atomic E-state index is 12.4. The summed E-state index contributed by atoms with van der Waals surface area (Å²) >= 11 is 0.